The number of carbonyl (C=O) groups is 1. The van der Waals surface area contributed by atoms with Gasteiger partial charge in [0.25, 0.3) is 0 Å². The summed E-state index contributed by atoms with van der Waals surface area (Å²) in [6.45, 7) is 2.63. The fraction of sp³-hybridized carbons (Fsp3) is 0.412. The van der Waals surface area contributed by atoms with E-state index in [1.165, 1.54) is 0 Å². The molecule has 3 aromatic rings. The molecule has 1 aliphatic heterocycles. The van der Waals surface area contributed by atoms with Crippen molar-refractivity contribution in [2.75, 3.05) is 6.54 Å². The van der Waals surface area contributed by atoms with E-state index in [4.69, 9.17) is 9.05 Å². The quantitative estimate of drug-likeness (QED) is 0.695. The highest BCUT2D eigenvalue weighted by atomic mass is 32.1. The molecule has 7 nitrogen and oxygen atoms in total. The lowest BCUT2D eigenvalue weighted by Crippen LogP contribution is -2.30. The monoisotopic (exact) mass is 358 g/mol. The molecule has 4 heterocycles. The van der Waals surface area contributed by atoms with Gasteiger partial charge in [-0.2, -0.15) is 4.98 Å². The number of nitrogens with zero attached hydrogens (tertiary/aromatic N) is 4. The summed E-state index contributed by atoms with van der Waals surface area (Å²) in [7, 11) is 0. The van der Waals surface area contributed by atoms with Crippen LogP contribution in [0.2, 0.25) is 0 Å². The second-order valence-electron chi connectivity index (χ2n) is 6.10. The van der Waals surface area contributed by atoms with E-state index in [1.54, 1.807) is 11.3 Å². The van der Waals surface area contributed by atoms with Gasteiger partial charge in [0.15, 0.2) is 5.76 Å². The molecule has 1 atom stereocenters. The lowest BCUT2D eigenvalue weighted by Gasteiger charge is -2.22. The van der Waals surface area contributed by atoms with Crippen LogP contribution in [0.1, 0.15) is 42.6 Å². The molecule has 1 amide bonds. The van der Waals surface area contributed by atoms with Gasteiger partial charge in [-0.25, -0.2) is 0 Å². The van der Waals surface area contributed by atoms with Crippen LogP contribution in [0.5, 0.6) is 0 Å². The Morgan fingerprint density at radius 2 is 2.32 bits per heavy atom. The van der Waals surface area contributed by atoms with Gasteiger partial charge in [-0.05, 0) is 31.2 Å². The summed E-state index contributed by atoms with van der Waals surface area (Å²) in [5, 5.41) is 9.87. The largest absolute Gasteiger partial charge is 0.359 e. The maximum atomic E-state index is 12.6. The lowest BCUT2D eigenvalue weighted by molar-refractivity contribution is -0.132. The number of likely N-dealkylation sites (tertiary alicyclic amines) is 1. The average Bonchev–Trinajstić information content (AvgIpc) is 3.38. The fourth-order valence-electron chi connectivity index (χ4n) is 3.12. The summed E-state index contributed by atoms with van der Waals surface area (Å²) in [6, 6.07) is 5.77. The third-order valence-electron chi connectivity index (χ3n) is 4.31. The third-order valence-corrected chi connectivity index (χ3v) is 5.18. The number of carbonyl (C=O) groups excluding carboxylic acids is 1. The normalized spacial score (nSPS) is 17.3. The van der Waals surface area contributed by atoms with Gasteiger partial charge in [-0.1, -0.05) is 16.4 Å². The van der Waals surface area contributed by atoms with Gasteiger partial charge in [0.05, 0.1) is 16.6 Å². The molecule has 25 heavy (non-hydrogen) atoms. The van der Waals surface area contributed by atoms with Gasteiger partial charge >= 0.3 is 0 Å². The Morgan fingerprint density at radius 1 is 1.40 bits per heavy atom. The van der Waals surface area contributed by atoms with Crippen LogP contribution in [-0.4, -0.2) is 32.6 Å². The molecule has 0 bridgehead atoms. The summed E-state index contributed by atoms with van der Waals surface area (Å²) in [5.41, 5.74) is 0.835. The SMILES string of the molecule is Cc1cc([C@@H]2CCCN2C(=O)CCc2nc(-c3cccs3)no2)on1. The maximum absolute atomic E-state index is 12.6. The minimum Gasteiger partial charge on any atom is -0.359 e. The number of hydrogen-bond donors (Lipinski definition) is 0. The minimum atomic E-state index is -0.0157. The molecule has 1 fully saturated rings. The first-order valence-electron chi connectivity index (χ1n) is 8.30. The summed E-state index contributed by atoms with van der Waals surface area (Å²) in [5.74, 6) is 1.91. The van der Waals surface area contributed by atoms with E-state index >= 15 is 0 Å². The third kappa shape index (κ3) is 3.34. The summed E-state index contributed by atoms with van der Waals surface area (Å²) >= 11 is 1.56. The van der Waals surface area contributed by atoms with E-state index in [1.807, 2.05) is 35.4 Å². The van der Waals surface area contributed by atoms with Crippen LogP contribution in [0.4, 0.5) is 0 Å². The number of aryl methyl sites for hydroxylation is 2. The first-order chi connectivity index (χ1) is 12.2. The minimum absolute atomic E-state index is 0.0157. The Bertz CT molecular complexity index is 855. The predicted octanol–water partition coefficient (Wildman–Crippen LogP) is 3.39. The van der Waals surface area contributed by atoms with Gasteiger partial charge in [-0.3, -0.25) is 4.79 Å². The molecule has 0 saturated carbocycles. The number of thiophene rings is 1. The maximum Gasteiger partial charge on any atom is 0.227 e. The first-order valence-corrected chi connectivity index (χ1v) is 9.18. The standard InChI is InChI=1S/C17H18N4O3S/c1-11-10-13(23-19-11)12-4-2-8-21(12)16(22)7-6-15-18-17(20-24-15)14-5-3-9-25-14/h3,5,9-10,12H,2,4,6-8H2,1H3/t12-/m0/s1. The molecule has 3 aromatic heterocycles. The van der Waals surface area contributed by atoms with Crippen molar-refractivity contribution >= 4 is 17.2 Å². The molecule has 0 unspecified atom stereocenters. The van der Waals surface area contributed by atoms with Crippen molar-refractivity contribution in [3.05, 3.63) is 40.9 Å². The summed E-state index contributed by atoms with van der Waals surface area (Å²) < 4.78 is 10.6. The molecule has 1 aliphatic rings. The molecule has 4 rings (SSSR count). The van der Waals surface area contributed by atoms with Gasteiger partial charge in [0.1, 0.15) is 0 Å². The molecule has 0 aromatic carbocycles. The van der Waals surface area contributed by atoms with Crippen LogP contribution in [0, 0.1) is 6.92 Å². The molecule has 1 saturated heterocycles. The molecule has 0 aliphatic carbocycles. The Morgan fingerprint density at radius 3 is 3.08 bits per heavy atom. The van der Waals surface area contributed by atoms with Crippen LogP contribution in [0.15, 0.2) is 32.6 Å². The van der Waals surface area contributed by atoms with Crippen LogP contribution in [-0.2, 0) is 11.2 Å². The van der Waals surface area contributed by atoms with Crippen molar-refractivity contribution < 1.29 is 13.8 Å². The Labute approximate surface area is 148 Å². The van der Waals surface area contributed by atoms with E-state index in [-0.39, 0.29) is 11.9 Å². The topological polar surface area (TPSA) is 85.3 Å². The van der Waals surface area contributed by atoms with Crippen LogP contribution < -0.4 is 0 Å². The van der Waals surface area contributed by atoms with E-state index < -0.39 is 0 Å². The van der Waals surface area contributed by atoms with Gasteiger partial charge < -0.3 is 13.9 Å². The number of hydrogen-bond acceptors (Lipinski definition) is 7. The average molecular weight is 358 g/mol. The van der Waals surface area contributed by atoms with Crippen LogP contribution in [0.3, 0.4) is 0 Å². The second-order valence-corrected chi connectivity index (χ2v) is 7.05. The smallest absolute Gasteiger partial charge is 0.227 e. The zero-order valence-corrected chi connectivity index (χ0v) is 14.7. The van der Waals surface area contributed by atoms with Crippen LogP contribution in [0.25, 0.3) is 10.7 Å². The van der Waals surface area contributed by atoms with E-state index in [0.717, 1.165) is 35.7 Å². The summed E-state index contributed by atoms with van der Waals surface area (Å²) in [6.07, 6.45) is 2.66. The molecule has 0 radical (unpaired) electrons. The Hall–Kier alpha value is -2.48. The zero-order valence-electron chi connectivity index (χ0n) is 13.8. The molecule has 0 N–H and O–H groups in total. The number of aromatic nitrogens is 3. The van der Waals surface area contributed by atoms with Gasteiger partial charge in [0, 0.05) is 25.5 Å². The molecular formula is C17H18N4O3S. The Kier molecular flexibility index (Phi) is 4.35. The molecule has 8 heteroatoms. The Balaban J connectivity index is 1.38. The van der Waals surface area contributed by atoms with Crippen LogP contribution >= 0.6 is 11.3 Å². The lowest BCUT2D eigenvalue weighted by atomic mass is 10.1. The highest BCUT2D eigenvalue weighted by Crippen LogP contribution is 2.33. The highest BCUT2D eigenvalue weighted by molar-refractivity contribution is 7.13. The molecule has 0 spiro atoms. The van der Waals surface area contributed by atoms with Crippen molar-refractivity contribution in [3.8, 4) is 10.7 Å². The van der Waals surface area contributed by atoms with E-state index in [0.29, 0.717) is 24.6 Å². The van der Waals surface area contributed by atoms with E-state index in [2.05, 4.69) is 15.3 Å². The number of rotatable bonds is 5. The second kappa shape index (κ2) is 6.79. The van der Waals surface area contributed by atoms with Crippen molar-refractivity contribution in [1.82, 2.24) is 20.2 Å². The van der Waals surface area contributed by atoms with Crippen molar-refractivity contribution in [2.24, 2.45) is 0 Å². The first kappa shape index (κ1) is 16.0. The molecule has 130 valence electrons. The molecular weight excluding hydrogens is 340 g/mol. The fourth-order valence-corrected chi connectivity index (χ4v) is 3.77. The van der Waals surface area contributed by atoms with Crippen molar-refractivity contribution in [3.63, 3.8) is 0 Å². The van der Waals surface area contributed by atoms with Crippen molar-refractivity contribution in [1.29, 1.82) is 0 Å². The zero-order chi connectivity index (χ0) is 17.2. The highest BCUT2D eigenvalue weighted by Gasteiger charge is 2.32. The number of amides is 1. The van der Waals surface area contributed by atoms with Crippen molar-refractivity contribution in [2.45, 2.75) is 38.6 Å². The summed E-state index contributed by atoms with van der Waals surface area (Å²) in [4.78, 5) is 19.8. The van der Waals surface area contributed by atoms with Gasteiger partial charge in [0.2, 0.25) is 17.6 Å². The predicted molar refractivity (Wildman–Crippen MR) is 90.9 cm³/mol. The van der Waals surface area contributed by atoms with Gasteiger partial charge in [-0.15, -0.1) is 11.3 Å². The van der Waals surface area contributed by atoms with E-state index in [9.17, 15) is 4.79 Å².